The summed E-state index contributed by atoms with van der Waals surface area (Å²) in [6.07, 6.45) is 4.42. The van der Waals surface area contributed by atoms with E-state index in [1.807, 2.05) is 12.1 Å². The molecule has 4 rings (SSSR count). The van der Waals surface area contributed by atoms with Crippen molar-refractivity contribution in [1.29, 1.82) is 0 Å². The van der Waals surface area contributed by atoms with Crippen molar-refractivity contribution >= 4 is 23.7 Å². The van der Waals surface area contributed by atoms with E-state index in [-0.39, 0.29) is 5.95 Å². The largest absolute Gasteiger partial charge is 0.368 e. The van der Waals surface area contributed by atoms with Crippen LogP contribution >= 0.6 is 0 Å². The van der Waals surface area contributed by atoms with Crippen LogP contribution in [0.4, 0.5) is 17.6 Å². The Morgan fingerprint density at radius 3 is 2.44 bits per heavy atom. The minimum absolute atomic E-state index is 0.243. The van der Waals surface area contributed by atoms with Crippen LogP contribution in [0.25, 0.3) is 6.08 Å². The summed E-state index contributed by atoms with van der Waals surface area (Å²) in [5.41, 5.74) is 10.5. The Hall–Kier alpha value is -3.29. The van der Waals surface area contributed by atoms with E-state index in [4.69, 9.17) is 5.73 Å². The summed E-state index contributed by atoms with van der Waals surface area (Å²) in [7, 11) is 0. The molecule has 1 aromatic heterocycles. The SMILES string of the molecule is Cc1ccc(Nc2nc(N)nc(CN3CCN(CC=Cc4ccccc4)CC3)n2)c(C)c1. The maximum absolute atomic E-state index is 5.97. The van der Waals surface area contributed by atoms with Crippen LogP contribution < -0.4 is 11.1 Å². The van der Waals surface area contributed by atoms with Crippen LogP contribution in [0.3, 0.4) is 0 Å². The highest BCUT2D eigenvalue weighted by Gasteiger charge is 2.18. The average molecular weight is 430 g/mol. The number of anilines is 3. The van der Waals surface area contributed by atoms with Gasteiger partial charge in [-0.15, -0.1) is 0 Å². The van der Waals surface area contributed by atoms with Crippen molar-refractivity contribution in [1.82, 2.24) is 24.8 Å². The van der Waals surface area contributed by atoms with Gasteiger partial charge < -0.3 is 11.1 Å². The number of nitrogen functional groups attached to an aromatic ring is 1. The molecule has 1 aliphatic heterocycles. The quantitative estimate of drug-likeness (QED) is 0.593. The van der Waals surface area contributed by atoms with Crippen molar-refractivity contribution in [3.05, 3.63) is 77.1 Å². The standard InChI is InChI=1S/C25H31N7/c1-19-10-11-22(20(2)17-19)27-25-29-23(28-24(26)30-25)18-32-15-13-31(14-16-32)12-6-9-21-7-4-3-5-8-21/h3-11,17H,12-16,18H2,1-2H3,(H3,26,27,28,29,30). The third-order valence-electron chi connectivity index (χ3n) is 5.63. The zero-order chi connectivity index (χ0) is 22.3. The summed E-state index contributed by atoms with van der Waals surface area (Å²) < 4.78 is 0. The number of hydrogen-bond acceptors (Lipinski definition) is 7. The predicted molar refractivity (Wildman–Crippen MR) is 131 cm³/mol. The number of aryl methyl sites for hydroxylation is 2. The zero-order valence-corrected chi connectivity index (χ0v) is 18.8. The molecule has 0 bridgehead atoms. The molecule has 7 heteroatoms. The van der Waals surface area contributed by atoms with Gasteiger partial charge in [0.25, 0.3) is 0 Å². The molecule has 1 fully saturated rings. The zero-order valence-electron chi connectivity index (χ0n) is 18.8. The number of nitrogens with one attached hydrogen (secondary N) is 1. The summed E-state index contributed by atoms with van der Waals surface area (Å²) >= 11 is 0. The number of nitrogens with two attached hydrogens (primary N) is 1. The van der Waals surface area contributed by atoms with E-state index >= 15 is 0 Å². The number of nitrogens with zero attached hydrogens (tertiary/aromatic N) is 5. The molecular formula is C25H31N7. The fraction of sp³-hybridized carbons (Fsp3) is 0.320. The summed E-state index contributed by atoms with van der Waals surface area (Å²) in [6, 6.07) is 16.6. The molecule has 1 aliphatic rings. The molecule has 166 valence electrons. The molecule has 7 nitrogen and oxygen atoms in total. The summed E-state index contributed by atoms with van der Waals surface area (Å²) in [5, 5.41) is 3.29. The average Bonchev–Trinajstić information content (AvgIpc) is 2.77. The second kappa shape index (κ2) is 10.3. The van der Waals surface area contributed by atoms with E-state index in [0.29, 0.717) is 18.3 Å². The van der Waals surface area contributed by atoms with Gasteiger partial charge in [0, 0.05) is 38.4 Å². The van der Waals surface area contributed by atoms with Crippen molar-refractivity contribution in [3.63, 3.8) is 0 Å². The van der Waals surface area contributed by atoms with Crippen molar-refractivity contribution in [2.24, 2.45) is 0 Å². The second-order valence-electron chi connectivity index (χ2n) is 8.27. The first-order chi connectivity index (χ1) is 15.5. The highest BCUT2D eigenvalue weighted by molar-refractivity contribution is 5.59. The van der Waals surface area contributed by atoms with Gasteiger partial charge in [0.05, 0.1) is 6.54 Å². The summed E-state index contributed by atoms with van der Waals surface area (Å²) in [6.45, 7) is 9.77. The normalized spacial score (nSPS) is 15.3. The molecule has 0 radical (unpaired) electrons. The summed E-state index contributed by atoms with van der Waals surface area (Å²) in [4.78, 5) is 18.1. The third kappa shape index (κ3) is 6.12. The highest BCUT2D eigenvalue weighted by atomic mass is 15.3. The van der Waals surface area contributed by atoms with Gasteiger partial charge in [0.1, 0.15) is 5.82 Å². The van der Waals surface area contributed by atoms with Crippen molar-refractivity contribution in [2.75, 3.05) is 43.8 Å². The Labute approximate surface area is 190 Å². The van der Waals surface area contributed by atoms with E-state index in [1.54, 1.807) is 0 Å². The Bertz CT molecular complexity index is 1060. The first-order valence-electron chi connectivity index (χ1n) is 11.1. The first kappa shape index (κ1) is 21.9. The fourth-order valence-electron chi connectivity index (χ4n) is 3.87. The van der Waals surface area contributed by atoms with Gasteiger partial charge in [-0.1, -0.05) is 60.2 Å². The molecule has 0 atom stereocenters. The van der Waals surface area contributed by atoms with Crippen LogP contribution in [-0.4, -0.2) is 57.5 Å². The van der Waals surface area contributed by atoms with Gasteiger partial charge in [-0.25, -0.2) is 0 Å². The van der Waals surface area contributed by atoms with Crippen LogP contribution in [0.1, 0.15) is 22.5 Å². The minimum Gasteiger partial charge on any atom is -0.368 e. The number of aromatic nitrogens is 3. The molecule has 0 amide bonds. The molecule has 0 aliphatic carbocycles. The maximum atomic E-state index is 5.97. The van der Waals surface area contributed by atoms with E-state index in [2.05, 4.69) is 92.5 Å². The fourth-order valence-corrected chi connectivity index (χ4v) is 3.87. The number of hydrogen-bond donors (Lipinski definition) is 2. The predicted octanol–water partition coefficient (Wildman–Crippen LogP) is 3.65. The monoisotopic (exact) mass is 429 g/mol. The smallest absolute Gasteiger partial charge is 0.232 e. The summed E-state index contributed by atoms with van der Waals surface area (Å²) in [5.74, 6) is 1.43. The van der Waals surface area contributed by atoms with E-state index in [0.717, 1.165) is 44.0 Å². The second-order valence-corrected chi connectivity index (χ2v) is 8.27. The minimum atomic E-state index is 0.243. The Morgan fingerprint density at radius 2 is 1.69 bits per heavy atom. The number of piperazine rings is 1. The Balaban J connectivity index is 1.30. The van der Waals surface area contributed by atoms with Gasteiger partial charge in [0.2, 0.25) is 11.9 Å². The topological polar surface area (TPSA) is 83.2 Å². The molecule has 3 aromatic rings. The first-order valence-corrected chi connectivity index (χ1v) is 11.1. The molecule has 0 spiro atoms. The van der Waals surface area contributed by atoms with Gasteiger partial charge in [-0.3, -0.25) is 9.80 Å². The Morgan fingerprint density at radius 1 is 0.938 bits per heavy atom. The van der Waals surface area contributed by atoms with Crippen LogP contribution in [0.5, 0.6) is 0 Å². The van der Waals surface area contributed by atoms with Crippen LogP contribution in [0.2, 0.25) is 0 Å². The van der Waals surface area contributed by atoms with E-state index in [1.165, 1.54) is 11.1 Å². The van der Waals surface area contributed by atoms with Crippen molar-refractivity contribution in [3.8, 4) is 0 Å². The lowest BCUT2D eigenvalue weighted by molar-refractivity contribution is 0.134. The molecule has 1 saturated heterocycles. The molecule has 32 heavy (non-hydrogen) atoms. The number of benzene rings is 2. The molecule has 3 N–H and O–H groups in total. The lowest BCUT2D eigenvalue weighted by Gasteiger charge is -2.33. The van der Waals surface area contributed by atoms with Crippen LogP contribution in [0, 0.1) is 13.8 Å². The van der Waals surface area contributed by atoms with Gasteiger partial charge in [-0.2, -0.15) is 15.0 Å². The van der Waals surface area contributed by atoms with E-state index in [9.17, 15) is 0 Å². The highest BCUT2D eigenvalue weighted by Crippen LogP contribution is 2.20. The molecule has 0 saturated carbocycles. The van der Waals surface area contributed by atoms with Crippen LogP contribution in [-0.2, 0) is 6.54 Å². The molecular weight excluding hydrogens is 398 g/mol. The third-order valence-corrected chi connectivity index (χ3v) is 5.63. The molecule has 2 aromatic carbocycles. The van der Waals surface area contributed by atoms with Crippen molar-refractivity contribution < 1.29 is 0 Å². The van der Waals surface area contributed by atoms with Crippen LogP contribution in [0.15, 0.2) is 54.6 Å². The van der Waals surface area contributed by atoms with Crippen molar-refractivity contribution in [2.45, 2.75) is 20.4 Å². The maximum Gasteiger partial charge on any atom is 0.232 e. The molecule has 2 heterocycles. The van der Waals surface area contributed by atoms with E-state index < -0.39 is 0 Å². The molecule has 0 unspecified atom stereocenters. The lowest BCUT2D eigenvalue weighted by atomic mass is 10.1. The Kier molecular flexibility index (Phi) is 7.09. The van der Waals surface area contributed by atoms with Gasteiger partial charge in [-0.05, 0) is 31.0 Å². The van der Waals surface area contributed by atoms with Gasteiger partial charge >= 0.3 is 0 Å². The number of rotatable bonds is 7. The lowest BCUT2D eigenvalue weighted by Crippen LogP contribution is -2.46. The van der Waals surface area contributed by atoms with Gasteiger partial charge in [0.15, 0.2) is 0 Å².